The topological polar surface area (TPSA) is 58.2 Å². The molecule has 168 valence electrons. The van der Waals surface area contributed by atoms with E-state index in [4.69, 9.17) is 0 Å². The summed E-state index contributed by atoms with van der Waals surface area (Å²) < 4.78 is 17.8. The molecule has 7 nitrogen and oxygen atoms in total. The molecule has 0 N–H and O–H groups in total. The minimum Gasteiger partial charge on any atom is -0.367 e. The van der Waals surface area contributed by atoms with Crippen LogP contribution in [0.25, 0.3) is 22.6 Å². The molecule has 0 bridgehead atoms. The van der Waals surface area contributed by atoms with E-state index in [2.05, 4.69) is 25.8 Å². The number of imidazole rings is 1. The van der Waals surface area contributed by atoms with Crippen LogP contribution in [0, 0.1) is 12.7 Å². The number of hydrogen-bond acceptors (Lipinski definition) is 5. The van der Waals surface area contributed by atoms with Gasteiger partial charge in [-0.1, -0.05) is 0 Å². The van der Waals surface area contributed by atoms with E-state index in [0.29, 0.717) is 22.4 Å². The molecule has 0 unspecified atom stereocenters. The predicted molar refractivity (Wildman–Crippen MR) is 124 cm³/mol. The van der Waals surface area contributed by atoms with Crippen molar-refractivity contribution >= 4 is 17.0 Å². The first kappa shape index (κ1) is 19.2. The summed E-state index contributed by atoms with van der Waals surface area (Å²) in [5, 5.41) is 0. The van der Waals surface area contributed by atoms with Crippen LogP contribution in [0.1, 0.15) is 31.4 Å². The smallest absolute Gasteiger partial charge is 0.258 e. The molecule has 4 aromatic heterocycles. The minimum absolute atomic E-state index is 0.170. The zero-order valence-electron chi connectivity index (χ0n) is 18.5. The van der Waals surface area contributed by atoms with Gasteiger partial charge in [-0.25, -0.2) is 14.4 Å². The first-order valence-electron chi connectivity index (χ1n) is 11.7. The molecule has 0 atom stereocenters. The second-order valence-corrected chi connectivity index (χ2v) is 9.86. The van der Waals surface area contributed by atoms with E-state index in [1.807, 2.05) is 19.2 Å². The highest BCUT2D eigenvalue weighted by Gasteiger charge is 2.55. The number of pyridine rings is 2. The van der Waals surface area contributed by atoms with Crippen LogP contribution in [-0.4, -0.2) is 54.9 Å². The molecule has 4 aromatic rings. The van der Waals surface area contributed by atoms with Crippen LogP contribution in [0.5, 0.6) is 0 Å². The van der Waals surface area contributed by atoms with Crippen LogP contribution in [0.2, 0.25) is 0 Å². The van der Waals surface area contributed by atoms with Crippen molar-refractivity contribution in [1.29, 1.82) is 0 Å². The molecule has 3 fully saturated rings. The number of hydrogen-bond donors (Lipinski definition) is 0. The molecule has 1 saturated heterocycles. The number of nitrogens with zero attached hydrogens (tertiary/aromatic N) is 6. The summed E-state index contributed by atoms with van der Waals surface area (Å²) in [5.41, 5.74) is 3.79. The quantitative estimate of drug-likeness (QED) is 0.486. The number of rotatable bonds is 3. The maximum Gasteiger partial charge on any atom is 0.258 e. The second-order valence-electron chi connectivity index (χ2n) is 9.86. The highest BCUT2D eigenvalue weighted by molar-refractivity contribution is 5.64. The van der Waals surface area contributed by atoms with Crippen LogP contribution in [-0.2, 0) is 0 Å². The fraction of sp³-hybridized carbons (Fsp3) is 0.400. The Morgan fingerprint density at radius 2 is 1.91 bits per heavy atom. The number of halogens is 1. The summed E-state index contributed by atoms with van der Waals surface area (Å²) in [6.45, 7) is 4.92. The average molecular weight is 445 g/mol. The van der Waals surface area contributed by atoms with Gasteiger partial charge in [0.1, 0.15) is 5.65 Å². The van der Waals surface area contributed by atoms with E-state index in [0.717, 1.165) is 37.1 Å². The van der Waals surface area contributed by atoms with Crippen LogP contribution in [0.4, 0.5) is 10.1 Å². The summed E-state index contributed by atoms with van der Waals surface area (Å²) in [5.74, 6) is -0.433. The molecule has 7 rings (SSSR count). The Bertz CT molecular complexity index is 1480. The molecule has 1 spiro atoms. The van der Waals surface area contributed by atoms with Gasteiger partial charge >= 0.3 is 0 Å². The predicted octanol–water partition coefficient (Wildman–Crippen LogP) is 3.27. The van der Waals surface area contributed by atoms with Crippen molar-refractivity contribution in [3.05, 3.63) is 64.7 Å². The van der Waals surface area contributed by atoms with Gasteiger partial charge in [0.15, 0.2) is 11.5 Å². The van der Waals surface area contributed by atoms with Gasteiger partial charge in [-0.05, 0) is 50.8 Å². The maximum atomic E-state index is 14.6. The highest BCUT2D eigenvalue weighted by atomic mass is 19.1. The fourth-order valence-corrected chi connectivity index (χ4v) is 5.50. The average Bonchev–Trinajstić information content (AvgIpc) is 3.73. The van der Waals surface area contributed by atoms with Crippen LogP contribution in [0.3, 0.4) is 0 Å². The Hall–Kier alpha value is -3.26. The van der Waals surface area contributed by atoms with Crippen molar-refractivity contribution in [3.8, 4) is 11.3 Å². The first-order valence-corrected chi connectivity index (χ1v) is 11.7. The molecule has 0 radical (unpaired) electrons. The van der Waals surface area contributed by atoms with Gasteiger partial charge in [-0.3, -0.25) is 14.1 Å². The molecule has 33 heavy (non-hydrogen) atoms. The number of piperazine rings is 1. The summed E-state index contributed by atoms with van der Waals surface area (Å²) in [6.07, 6.45) is 10.7. The molecule has 2 aliphatic carbocycles. The summed E-state index contributed by atoms with van der Waals surface area (Å²) >= 11 is 0. The molecular formula is C25H25FN6O. The zero-order valence-corrected chi connectivity index (χ0v) is 18.5. The van der Waals surface area contributed by atoms with Crippen molar-refractivity contribution in [2.75, 3.05) is 24.5 Å². The molecule has 3 aliphatic rings. The van der Waals surface area contributed by atoms with E-state index >= 15 is 0 Å². The molecule has 1 aliphatic heterocycles. The van der Waals surface area contributed by atoms with Crippen molar-refractivity contribution in [1.82, 2.24) is 23.7 Å². The fourth-order valence-electron chi connectivity index (χ4n) is 5.50. The van der Waals surface area contributed by atoms with E-state index in [-0.39, 0.29) is 11.2 Å². The molecule has 5 heterocycles. The minimum atomic E-state index is -0.433. The van der Waals surface area contributed by atoms with Gasteiger partial charge in [0.2, 0.25) is 0 Å². The second kappa shape index (κ2) is 6.63. The SMILES string of the molecule is Cc1cn2cc(-c3cc(=O)n4cc(N5CCN(C6CC6)C6(CC6)C5)ccc4n3)cc(F)c2n1. The number of fused-ring (bicyclic) bond motifs is 2. The molecular weight excluding hydrogens is 419 g/mol. The number of aryl methyl sites for hydroxylation is 1. The van der Waals surface area contributed by atoms with Crippen LogP contribution in [0.15, 0.2) is 47.7 Å². The van der Waals surface area contributed by atoms with E-state index in [1.165, 1.54) is 37.8 Å². The Balaban J connectivity index is 1.24. The third-order valence-corrected chi connectivity index (χ3v) is 7.45. The zero-order chi connectivity index (χ0) is 22.3. The van der Waals surface area contributed by atoms with Crippen molar-refractivity contribution in [2.24, 2.45) is 0 Å². The van der Waals surface area contributed by atoms with Crippen LogP contribution >= 0.6 is 0 Å². The Morgan fingerprint density at radius 3 is 2.70 bits per heavy atom. The van der Waals surface area contributed by atoms with Crippen molar-refractivity contribution < 1.29 is 4.39 Å². The molecule has 0 aromatic carbocycles. The van der Waals surface area contributed by atoms with Gasteiger partial charge in [0.05, 0.1) is 17.1 Å². The van der Waals surface area contributed by atoms with Gasteiger partial charge in [0, 0.05) is 61.4 Å². The number of aromatic nitrogens is 4. The van der Waals surface area contributed by atoms with E-state index in [1.54, 1.807) is 21.2 Å². The summed E-state index contributed by atoms with van der Waals surface area (Å²) in [4.78, 5) is 27.0. The maximum absolute atomic E-state index is 14.6. The van der Waals surface area contributed by atoms with Crippen molar-refractivity contribution in [2.45, 2.75) is 44.2 Å². The monoisotopic (exact) mass is 444 g/mol. The Morgan fingerprint density at radius 1 is 1.06 bits per heavy atom. The van der Waals surface area contributed by atoms with Gasteiger partial charge in [-0.15, -0.1) is 0 Å². The standard InChI is InChI=1S/C25H25FN6O/c1-16-12-30-13-17(10-20(26)24(30)27-16)21-11-23(33)31-14-19(4-5-22(31)28-21)29-8-9-32(18-2-3-18)25(15-29)6-7-25/h4-5,10-14,18H,2-3,6-9,15H2,1H3. The van der Waals surface area contributed by atoms with E-state index < -0.39 is 5.82 Å². The lowest BCUT2D eigenvalue weighted by Crippen LogP contribution is -2.55. The number of anilines is 1. The molecule has 0 amide bonds. The summed E-state index contributed by atoms with van der Waals surface area (Å²) in [6, 6.07) is 7.62. The molecule has 8 heteroatoms. The molecule has 2 saturated carbocycles. The summed E-state index contributed by atoms with van der Waals surface area (Å²) in [7, 11) is 0. The van der Waals surface area contributed by atoms with Gasteiger partial charge < -0.3 is 9.30 Å². The van der Waals surface area contributed by atoms with Crippen molar-refractivity contribution in [3.63, 3.8) is 0 Å². The van der Waals surface area contributed by atoms with E-state index in [9.17, 15) is 9.18 Å². The normalized spacial score (nSPS) is 20.2. The van der Waals surface area contributed by atoms with Gasteiger partial charge in [0.25, 0.3) is 5.56 Å². The van der Waals surface area contributed by atoms with Crippen LogP contribution < -0.4 is 10.5 Å². The highest BCUT2D eigenvalue weighted by Crippen LogP contribution is 2.49. The first-order chi connectivity index (χ1) is 16.0. The largest absolute Gasteiger partial charge is 0.367 e. The third kappa shape index (κ3) is 3.08. The Labute approximate surface area is 190 Å². The lowest BCUT2D eigenvalue weighted by molar-refractivity contribution is 0.148. The lowest BCUT2D eigenvalue weighted by Gasteiger charge is -2.43. The lowest BCUT2D eigenvalue weighted by atomic mass is 10.1. The third-order valence-electron chi connectivity index (χ3n) is 7.45. The van der Waals surface area contributed by atoms with Gasteiger partial charge in [-0.2, -0.15) is 0 Å². The Kier molecular flexibility index (Phi) is 3.87.